The van der Waals surface area contributed by atoms with Crippen molar-refractivity contribution in [2.75, 3.05) is 0 Å². The highest BCUT2D eigenvalue weighted by molar-refractivity contribution is 7.10. The number of amides is 1. The Balaban J connectivity index is 2.67. The van der Waals surface area contributed by atoms with Crippen LogP contribution in [0.2, 0.25) is 0 Å². The summed E-state index contributed by atoms with van der Waals surface area (Å²) in [5.74, 6) is -1.39. The molecular weight excluding hydrogens is 250 g/mol. The summed E-state index contributed by atoms with van der Waals surface area (Å²) in [4.78, 5) is 23.6. The molecule has 1 rings (SSSR count). The number of aliphatic carboxylic acids is 1. The predicted octanol–water partition coefficient (Wildman–Crippen LogP) is 2.35. The van der Waals surface area contributed by atoms with Gasteiger partial charge in [0.25, 0.3) is 0 Å². The molecule has 0 aliphatic rings. The highest BCUT2D eigenvalue weighted by Crippen LogP contribution is 2.17. The van der Waals surface area contributed by atoms with Gasteiger partial charge in [-0.1, -0.05) is 6.92 Å². The molecule has 0 atom stereocenters. The van der Waals surface area contributed by atoms with Crippen LogP contribution in [-0.2, 0) is 22.6 Å². The van der Waals surface area contributed by atoms with Crippen LogP contribution in [-0.4, -0.2) is 17.0 Å². The zero-order valence-electron chi connectivity index (χ0n) is 10.7. The molecule has 4 nitrogen and oxygen atoms in total. The summed E-state index contributed by atoms with van der Waals surface area (Å²) < 4.78 is 0. The van der Waals surface area contributed by atoms with Gasteiger partial charge in [0.1, 0.15) is 0 Å². The number of rotatable bonds is 5. The minimum atomic E-state index is -1.06. The van der Waals surface area contributed by atoms with Crippen molar-refractivity contribution >= 4 is 23.2 Å². The van der Waals surface area contributed by atoms with Gasteiger partial charge in [-0.2, -0.15) is 0 Å². The molecule has 0 spiro atoms. The largest absolute Gasteiger partial charge is 0.478 e. The van der Waals surface area contributed by atoms with Gasteiger partial charge < -0.3 is 10.4 Å². The Hall–Kier alpha value is -1.62. The van der Waals surface area contributed by atoms with Crippen molar-refractivity contribution in [3.8, 4) is 0 Å². The normalized spacial score (nSPS) is 11.9. The van der Waals surface area contributed by atoms with Crippen molar-refractivity contribution in [3.05, 3.63) is 33.0 Å². The van der Waals surface area contributed by atoms with Gasteiger partial charge in [0.15, 0.2) is 0 Å². The molecule has 0 bridgehead atoms. The quantitative estimate of drug-likeness (QED) is 0.805. The molecule has 1 aromatic rings. The summed E-state index contributed by atoms with van der Waals surface area (Å²) >= 11 is 1.60. The Morgan fingerprint density at radius 2 is 2.00 bits per heavy atom. The lowest BCUT2D eigenvalue weighted by molar-refractivity contribution is -0.133. The van der Waals surface area contributed by atoms with E-state index in [1.165, 1.54) is 19.4 Å². The summed E-state index contributed by atoms with van der Waals surface area (Å²) in [5, 5.41) is 13.5. The van der Waals surface area contributed by atoms with Crippen LogP contribution in [0.3, 0.4) is 0 Å². The molecule has 0 saturated heterocycles. The van der Waals surface area contributed by atoms with Gasteiger partial charge in [0, 0.05) is 16.0 Å². The molecule has 18 heavy (non-hydrogen) atoms. The summed E-state index contributed by atoms with van der Waals surface area (Å²) in [6.45, 7) is 5.46. The molecule has 0 fully saturated rings. The third kappa shape index (κ3) is 3.43. The molecule has 0 saturated carbocycles. The van der Waals surface area contributed by atoms with E-state index in [2.05, 4.69) is 12.2 Å². The van der Waals surface area contributed by atoms with Crippen LogP contribution >= 0.6 is 11.3 Å². The third-order valence-corrected chi connectivity index (χ3v) is 3.82. The standard InChI is InChI=1S/C13H17NO3S/c1-4-10-5-6-18-11(10)7-14-12(15)8(2)9(3)13(16)17/h5-6H,4,7H2,1-3H3,(H,14,15)(H,16,17). The van der Waals surface area contributed by atoms with Gasteiger partial charge in [-0.3, -0.25) is 4.79 Å². The van der Waals surface area contributed by atoms with Gasteiger partial charge >= 0.3 is 5.97 Å². The number of carboxylic acid groups (broad SMARTS) is 1. The minimum absolute atomic E-state index is 0.0781. The van der Waals surface area contributed by atoms with Crippen molar-refractivity contribution in [3.63, 3.8) is 0 Å². The van der Waals surface area contributed by atoms with E-state index in [0.717, 1.165) is 11.3 Å². The Labute approximate surface area is 110 Å². The SMILES string of the molecule is CCc1ccsc1CNC(=O)C(C)=C(C)C(=O)O. The van der Waals surface area contributed by atoms with E-state index < -0.39 is 5.97 Å². The first-order valence-corrected chi connectivity index (χ1v) is 6.59. The number of thiophene rings is 1. The first-order valence-electron chi connectivity index (χ1n) is 5.71. The molecule has 98 valence electrons. The van der Waals surface area contributed by atoms with Gasteiger partial charge in [-0.15, -0.1) is 11.3 Å². The van der Waals surface area contributed by atoms with Crippen LogP contribution in [0, 0.1) is 0 Å². The fourth-order valence-electron chi connectivity index (χ4n) is 1.46. The maximum atomic E-state index is 11.8. The molecule has 1 heterocycles. The lowest BCUT2D eigenvalue weighted by Crippen LogP contribution is -2.25. The highest BCUT2D eigenvalue weighted by atomic mass is 32.1. The molecule has 5 heteroatoms. The molecule has 1 amide bonds. The number of aryl methyl sites for hydroxylation is 1. The second-order valence-electron chi connectivity index (χ2n) is 3.96. The lowest BCUT2D eigenvalue weighted by Gasteiger charge is -2.07. The van der Waals surface area contributed by atoms with Crippen molar-refractivity contribution in [2.24, 2.45) is 0 Å². The van der Waals surface area contributed by atoms with Gasteiger partial charge in [-0.05, 0) is 37.3 Å². The predicted molar refractivity (Wildman–Crippen MR) is 71.6 cm³/mol. The second kappa shape index (κ2) is 6.35. The zero-order chi connectivity index (χ0) is 13.7. The van der Waals surface area contributed by atoms with E-state index in [-0.39, 0.29) is 17.1 Å². The summed E-state index contributed by atoms with van der Waals surface area (Å²) in [5.41, 5.74) is 1.54. The Bertz CT molecular complexity index is 488. The topological polar surface area (TPSA) is 66.4 Å². The van der Waals surface area contributed by atoms with E-state index in [0.29, 0.717) is 6.54 Å². The molecule has 0 aliphatic carbocycles. The number of carbonyl (C=O) groups excluding carboxylic acids is 1. The van der Waals surface area contributed by atoms with Gasteiger partial charge in [0.05, 0.1) is 6.54 Å². The summed E-state index contributed by atoms with van der Waals surface area (Å²) in [7, 11) is 0. The fourth-order valence-corrected chi connectivity index (χ4v) is 2.38. The van der Waals surface area contributed by atoms with Crippen LogP contribution in [0.1, 0.15) is 31.2 Å². The molecule has 2 N–H and O–H groups in total. The monoisotopic (exact) mass is 267 g/mol. The van der Waals surface area contributed by atoms with E-state index in [1.54, 1.807) is 11.3 Å². The number of nitrogens with one attached hydrogen (secondary N) is 1. The maximum absolute atomic E-state index is 11.8. The van der Waals surface area contributed by atoms with E-state index in [1.807, 2.05) is 11.4 Å². The average molecular weight is 267 g/mol. The number of hydrogen-bond donors (Lipinski definition) is 2. The van der Waals surface area contributed by atoms with Crippen molar-refractivity contribution in [1.29, 1.82) is 0 Å². The lowest BCUT2D eigenvalue weighted by atomic mass is 10.1. The first-order chi connectivity index (χ1) is 8.47. The number of carboxylic acids is 1. The Morgan fingerprint density at radius 1 is 1.33 bits per heavy atom. The van der Waals surface area contributed by atoms with Gasteiger partial charge in [0.2, 0.25) is 5.91 Å². The fraction of sp³-hybridized carbons (Fsp3) is 0.385. The van der Waals surface area contributed by atoms with Crippen LogP contribution in [0.4, 0.5) is 0 Å². The summed E-state index contributed by atoms with van der Waals surface area (Å²) in [6, 6.07) is 2.04. The van der Waals surface area contributed by atoms with Crippen LogP contribution in [0.25, 0.3) is 0 Å². The third-order valence-electron chi connectivity index (χ3n) is 2.85. The average Bonchev–Trinajstić information content (AvgIpc) is 2.81. The van der Waals surface area contributed by atoms with Gasteiger partial charge in [-0.25, -0.2) is 4.79 Å². The molecule has 0 aromatic carbocycles. The van der Waals surface area contributed by atoms with E-state index in [4.69, 9.17) is 5.11 Å². The molecule has 1 aromatic heterocycles. The Morgan fingerprint density at radius 3 is 2.56 bits per heavy atom. The molecule has 0 radical (unpaired) electrons. The van der Waals surface area contributed by atoms with E-state index >= 15 is 0 Å². The zero-order valence-corrected chi connectivity index (χ0v) is 11.6. The second-order valence-corrected chi connectivity index (χ2v) is 4.96. The first kappa shape index (κ1) is 14.4. The highest BCUT2D eigenvalue weighted by Gasteiger charge is 2.13. The minimum Gasteiger partial charge on any atom is -0.478 e. The van der Waals surface area contributed by atoms with Crippen LogP contribution < -0.4 is 5.32 Å². The van der Waals surface area contributed by atoms with Crippen molar-refractivity contribution < 1.29 is 14.7 Å². The number of carbonyl (C=O) groups is 2. The summed E-state index contributed by atoms with van der Waals surface area (Å²) in [6.07, 6.45) is 0.928. The smallest absolute Gasteiger partial charge is 0.331 e. The molecular formula is C13H17NO3S. The molecule has 0 unspecified atom stereocenters. The number of hydrogen-bond acceptors (Lipinski definition) is 3. The van der Waals surface area contributed by atoms with Crippen molar-refractivity contribution in [2.45, 2.75) is 33.7 Å². The Kier molecular flexibility index (Phi) is 5.09. The van der Waals surface area contributed by atoms with Crippen molar-refractivity contribution in [1.82, 2.24) is 5.32 Å². The van der Waals surface area contributed by atoms with E-state index in [9.17, 15) is 9.59 Å². The molecule has 0 aliphatic heterocycles. The van der Waals surface area contributed by atoms with Crippen LogP contribution in [0.5, 0.6) is 0 Å². The maximum Gasteiger partial charge on any atom is 0.331 e. The van der Waals surface area contributed by atoms with Crippen LogP contribution in [0.15, 0.2) is 22.6 Å².